The highest BCUT2D eigenvalue weighted by Crippen LogP contribution is 2.23. The van der Waals surface area contributed by atoms with E-state index in [0.29, 0.717) is 34.4 Å². The average Bonchev–Trinajstić information content (AvgIpc) is 3.35. The van der Waals surface area contributed by atoms with Crippen molar-refractivity contribution in [2.24, 2.45) is 4.99 Å². The van der Waals surface area contributed by atoms with Crippen LogP contribution in [0.2, 0.25) is 0 Å². The lowest BCUT2D eigenvalue weighted by molar-refractivity contribution is -0.384. The number of nitro benzene ring substituents is 1. The first-order valence-electron chi connectivity index (χ1n) is 9.18. The number of thioether (sulfide) groups is 1. The lowest BCUT2D eigenvalue weighted by atomic mass is 10.3. The second kappa shape index (κ2) is 11.1. The van der Waals surface area contributed by atoms with Crippen molar-refractivity contribution in [1.82, 2.24) is 9.55 Å². The molecule has 0 saturated heterocycles. The van der Waals surface area contributed by atoms with Gasteiger partial charge in [0.2, 0.25) is 5.91 Å². The Bertz CT molecular complexity index is 1140. The molecule has 0 bridgehead atoms. The standard InChI is InChI=1S/C18H19N5O5S3/c1-2-28-7-6-22-13-4-3-12(23(26)27)9-14(13)31-18(22)21-16(25)11-29-10-15(24)20-17-19-5-8-30-17/h3-5,8-9H,2,6-7,10-11H2,1H3,(H,19,20,24). The van der Waals surface area contributed by atoms with Gasteiger partial charge >= 0.3 is 0 Å². The highest BCUT2D eigenvalue weighted by Gasteiger charge is 2.13. The molecular weight excluding hydrogens is 462 g/mol. The monoisotopic (exact) mass is 481 g/mol. The van der Waals surface area contributed by atoms with Gasteiger partial charge in [0.1, 0.15) is 0 Å². The van der Waals surface area contributed by atoms with Crippen LogP contribution in [0.15, 0.2) is 34.8 Å². The van der Waals surface area contributed by atoms with Gasteiger partial charge in [-0.25, -0.2) is 4.98 Å². The lowest BCUT2D eigenvalue weighted by Gasteiger charge is -2.05. The summed E-state index contributed by atoms with van der Waals surface area (Å²) in [4.78, 5) is 43.4. The van der Waals surface area contributed by atoms with Gasteiger partial charge in [-0.05, 0) is 13.0 Å². The first kappa shape index (κ1) is 23.1. The number of thiazole rings is 2. The lowest BCUT2D eigenvalue weighted by Crippen LogP contribution is -2.20. The number of benzene rings is 1. The Hall–Kier alpha value is -2.61. The van der Waals surface area contributed by atoms with Gasteiger partial charge in [0.05, 0.1) is 33.3 Å². The van der Waals surface area contributed by atoms with Crippen molar-refractivity contribution in [2.75, 3.05) is 30.0 Å². The van der Waals surface area contributed by atoms with Crippen molar-refractivity contribution >= 4 is 67.3 Å². The second-order valence-corrected chi connectivity index (χ2v) is 8.92. The largest absolute Gasteiger partial charge is 0.380 e. The fourth-order valence-corrected chi connectivity index (χ4v) is 4.84. The molecule has 3 rings (SSSR count). The quantitative estimate of drug-likeness (QED) is 0.268. The molecule has 1 N–H and O–H groups in total. The van der Waals surface area contributed by atoms with Crippen LogP contribution in [0.4, 0.5) is 10.8 Å². The molecule has 0 unspecified atom stereocenters. The number of hydrogen-bond acceptors (Lipinski definition) is 9. The number of fused-ring (bicyclic) bond motifs is 1. The number of nitro groups is 1. The topological polar surface area (TPSA) is 129 Å². The number of hydrogen-bond donors (Lipinski definition) is 1. The predicted molar refractivity (Wildman–Crippen MR) is 122 cm³/mol. The van der Waals surface area contributed by atoms with Crippen molar-refractivity contribution < 1.29 is 19.2 Å². The van der Waals surface area contributed by atoms with Crippen LogP contribution in [-0.4, -0.2) is 51.0 Å². The zero-order valence-corrected chi connectivity index (χ0v) is 18.9. The molecule has 0 aliphatic rings. The van der Waals surface area contributed by atoms with Crippen molar-refractivity contribution in [3.05, 3.63) is 44.7 Å². The van der Waals surface area contributed by atoms with Crippen LogP contribution in [-0.2, 0) is 20.9 Å². The number of carbonyl (C=O) groups is 2. The van der Waals surface area contributed by atoms with Crippen LogP contribution < -0.4 is 10.1 Å². The summed E-state index contributed by atoms with van der Waals surface area (Å²) < 4.78 is 7.88. The molecule has 13 heteroatoms. The Morgan fingerprint density at radius 1 is 1.39 bits per heavy atom. The molecule has 2 aromatic heterocycles. The molecule has 3 aromatic rings. The summed E-state index contributed by atoms with van der Waals surface area (Å²) in [6.45, 7) is 3.32. The Morgan fingerprint density at radius 2 is 2.23 bits per heavy atom. The number of rotatable bonds is 10. The third kappa shape index (κ3) is 6.43. The Balaban J connectivity index is 1.72. The number of anilines is 1. The third-order valence-electron chi connectivity index (χ3n) is 3.90. The van der Waals surface area contributed by atoms with Gasteiger partial charge in [-0.15, -0.1) is 23.1 Å². The maximum Gasteiger partial charge on any atom is 0.270 e. The Kier molecular flexibility index (Phi) is 8.28. The number of amides is 2. The molecule has 0 aliphatic heterocycles. The van der Waals surface area contributed by atoms with Crippen LogP contribution >= 0.6 is 34.4 Å². The average molecular weight is 482 g/mol. The molecule has 0 fully saturated rings. The molecule has 0 spiro atoms. The molecule has 2 heterocycles. The molecule has 10 nitrogen and oxygen atoms in total. The van der Waals surface area contributed by atoms with Gasteiger partial charge in [0.15, 0.2) is 9.93 Å². The van der Waals surface area contributed by atoms with Crippen molar-refractivity contribution in [2.45, 2.75) is 13.5 Å². The van der Waals surface area contributed by atoms with Gasteiger partial charge in [-0.3, -0.25) is 19.7 Å². The van der Waals surface area contributed by atoms with E-state index >= 15 is 0 Å². The van der Waals surface area contributed by atoms with Crippen LogP contribution in [0.1, 0.15) is 6.92 Å². The van der Waals surface area contributed by atoms with Crippen LogP contribution in [0.5, 0.6) is 0 Å². The van der Waals surface area contributed by atoms with E-state index in [0.717, 1.165) is 17.3 Å². The van der Waals surface area contributed by atoms with Gasteiger partial charge in [-0.2, -0.15) is 4.99 Å². The van der Waals surface area contributed by atoms with Crippen LogP contribution in [0.3, 0.4) is 0 Å². The maximum atomic E-state index is 12.4. The number of nitrogens with one attached hydrogen (secondary N) is 1. The molecular formula is C18H19N5O5S3. The van der Waals surface area contributed by atoms with E-state index in [9.17, 15) is 19.7 Å². The fourth-order valence-electron chi connectivity index (χ4n) is 2.59. The predicted octanol–water partition coefficient (Wildman–Crippen LogP) is 2.90. The summed E-state index contributed by atoms with van der Waals surface area (Å²) in [7, 11) is 0. The second-order valence-electron chi connectivity index (χ2n) is 6.03. The molecule has 0 aliphatic carbocycles. The summed E-state index contributed by atoms with van der Waals surface area (Å²) in [6.07, 6.45) is 1.59. The van der Waals surface area contributed by atoms with Gasteiger partial charge in [-0.1, -0.05) is 11.3 Å². The molecule has 31 heavy (non-hydrogen) atoms. The Morgan fingerprint density at radius 3 is 2.94 bits per heavy atom. The SMILES string of the molecule is CCOCCn1c(=NC(=O)CSCC(=O)Nc2nccs2)sc2cc([N+](=O)[O-])ccc21. The van der Waals surface area contributed by atoms with Crippen molar-refractivity contribution in [1.29, 1.82) is 0 Å². The summed E-state index contributed by atoms with van der Waals surface area (Å²) in [5.41, 5.74) is 0.725. The molecule has 164 valence electrons. The van der Waals surface area contributed by atoms with Gasteiger partial charge in [0, 0.05) is 36.9 Å². The minimum Gasteiger partial charge on any atom is -0.380 e. The summed E-state index contributed by atoms with van der Waals surface area (Å²) in [5.74, 6) is -0.499. The van der Waals surface area contributed by atoms with E-state index in [4.69, 9.17) is 4.74 Å². The molecule has 0 saturated carbocycles. The number of non-ortho nitro benzene ring substituents is 1. The number of ether oxygens (including phenoxy) is 1. The first-order valence-corrected chi connectivity index (χ1v) is 12.0. The zero-order chi connectivity index (χ0) is 22.2. The highest BCUT2D eigenvalue weighted by atomic mass is 32.2. The summed E-state index contributed by atoms with van der Waals surface area (Å²) in [6, 6.07) is 4.55. The minimum atomic E-state index is -0.459. The highest BCUT2D eigenvalue weighted by molar-refractivity contribution is 8.00. The number of carbonyl (C=O) groups excluding carboxylic acids is 2. The van der Waals surface area contributed by atoms with E-state index in [-0.39, 0.29) is 23.1 Å². The minimum absolute atomic E-state index is 0.0228. The normalized spacial score (nSPS) is 11.7. The summed E-state index contributed by atoms with van der Waals surface area (Å²) >= 11 is 3.67. The maximum absolute atomic E-state index is 12.4. The van der Waals surface area contributed by atoms with E-state index in [1.165, 1.54) is 34.8 Å². The Labute approximate surface area is 189 Å². The van der Waals surface area contributed by atoms with Crippen LogP contribution in [0, 0.1) is 10.1 Å². The zero-order valence-electron chi connectivity index (χ0n) is 16.5. The van der Waals surface area contributed by atoms with Crippen LogP contribution in [0.25, 0.3) is 10.2 Å². The third-order valence-corrected chi connectivity index (χ3v) is 6.55. The molecule has 0 radical (unpaired) electrons. The van der Waals surface area contributed by atoms with E-state index in [2.05, 4.69) is 15.3 Å². The van der Waals surface area contributed by atoms with E-state index in [1.54, 1.807) is 17.6 Å². The fraction of sp³-hybridized carbons (Fsp3) is 0.333. The van der Waals surface area contributed by atoms with Crippen molar-refractivity contribution in [3.8, 4) is 0 Å². The van der Waals surface area contributed by atoms with Gasteiger partial charge in [0.25, 0.3) is 11.6 Å². The number of nitrogens with zero attached hydrogens (tertiary/aromatic N) is 4. The summed E-state index contributed by atoms with van der Waals surface area (Å²) in [5, 5.41) is 16.0. The van der Waals surface area contributed by atoms with Gasteiger partial charge < -0.3 is 14.6 Å². The number of aromatic nitrogens is 2. The van der Waals surface area contributed by atoms with Crippen molar-refractivity contribution in [3.63, 3.8) is 0 Å². The smallest absolute Gasteiger partial charge is 0.270 e. The molecule has 1 aromatic carbocycles. The molecule has 0 atom stereocenters. The first-order chi connectivity index (χ1) is 15.0. The molecule has 2 amide bonds. The van der Waals surface area contributed by atoms with E-state index in [1.807, 2.05) is 11.5 Å². The van der Waals surface area contributed by atoms with E-state index < -0.39 is 10.8 Å².